The van der Waals surface area contributed by atoms with Crippen molar-refractivity contribution in [3.63, 3.8) is 0 Å². The van der Waals surface area contributed by atoms with Crippen LogP contribution in [0.3, 0.4) is 0 Å². The maximum absolute atomic E-state index is 12.1. The number of carboxylic acid groups (broad SMARTS) is 1. The van der Waals surface area contributed by atoms with Gasteiger partial charge in [-0.3, -0.25) is 0 Å². The topological polar surface area (TPSA) is 51.5 Å². The molecule has 0 fully saturated rings. The number of hydrogen-bond acceptors (Lipinski definition) is 2. The standard InChI is InChI=1S/C28H35NO3/c1-3-4-5-6-10-20-11-8-14-23-24-15-9-16-25(28(30)31)27(24)29(26(23)18-20)19-21-12-7-13-22(17-21)32-2/h7,9,12-13,15-17,20H,3-6,8,10-11,14,18-19H2,1-2H3,(H,30,31). The first-order valence-corrected chi connectivity index (χ1v) is 12.1. The Hall–Kier alpha value is -2.75. The molecule has 1 atom stereocenters. The molecule has 32 heavy (non-hydrogen) atoms. The highest BCUT2D eigenvalue weighted by atomic mass is 16.5. The van der Waals surface area contributed by atoms with E-state index < -0.39 is 5.97 Å². The summed E-state index contributed by atoms with van der Waals surface area (Å²) in [7, 11) is 1.68. The van der Waals surface area contributed by atoms with E-state index in [1.807, 2.05) is 18.2 Å². The molecule has 1 unspecified atom stereocenters. The highest BCUT2D eigenvalue weighted by Gasteiger charge is 2.26. The Kier molecular flexibility index (Phi) is 7.19. The summed E-state index contributed by atoms with van der Waals surface area (Å²) >= 11 is 0. The summed E-state index contributed by atoms with van der Waals surface area (Å²) in [6.45, 7) is 2.92. The first-order chi connectivity index (χ1) is 15.6. The number of nitrogens with zero attached hydrogens (tertiary/aromatic N) is 1. The molecule has 0 saturated carbocycles. The van der Waals surface area contributed by atoms with Crippen LogP contribution < -0.4 is 4.74 Å². The van der Waals surface area contributed by atoms with Crippen LogP contribution in [0.25, 0.3) is 10.9 Å². The number of aryl methyl sites for hydroxylation is 1. The molecule has 0 bridgehead atoms. The number of unbranched alkanes of at least 4 members (excludes halogenated alkanes) is 3. The van der Waals surface area contributed by atoms with Crippen molar-refractivity contribution in [1.82, 2.24) is 4.57 Å². The number of benzene rings is 2. The van der Waals surface area contributed by atoms with Gasteiger partial charge in [0.15, 0.2) is 0 Å². The zero-order valence-corrected chi connectivity index (χ0v) is 19.4. The summed E-state index contributed by atoms with van der Waals surface area (Å²) in [6.07, 6.45) is 11.0. The Balaban J connectivity index is 1.77. The predicted octanol–water partition coefficient (Wildman–Crippen LogP) is 6.86. The third-order valence-corrected chi connectivity index (χ3v) is 7.00. The number of ether oxygens (including phenoxy) is 1. The molecule has 0 saturated heterocycles. The minimum atomic E-state index is -0.855. The molecule has 1 aliphatic carbocycles. The number of aromatic carboxylic acids is 1. The van der Waals surface area contributed by atoms with E-state index >= 15 is 0 Å². The van der Waals surface area contributed by atoms with Crippen LogP contribution in [0.15, 0.2) is 42.5 Å². The number of carboxylic acids is 1. The van der Waals surface area contributed by atoms with Crippen molar-refractivity contribution in [1.29, 1.82) is 0 Å². The number of methoxy groups -OCH3 is 1. The van der Waals surface area contributed by atoms with Crippen LogP contribution in [0.4, 0.5) is 0 Å². The highest BCUT2D eigenvalue weighted by Crippen LogP contribution is 2.37. The van der Waals surface area contributed by atoms with Crippen molar-refractivity contribution < 1.29 is 14.6 Å². The quantitative estimate of drug-likeness (QED) is 0.296. The van der Waals surface area contributed by atoms with Crippen molar-refractivity contribution in [3.05, 3.63) is 64.8 Å². The molecule has 170 valence electrons. The van der Waals surface area contributed by atoms with Crippen LogP contribution in [0, 0.1) is 5.92 Å². The molecule has 0 amide bonds. The fraction of sp³-hybridized carbons (Fsp3) is 0.464. The van der Waals surface area contributed by atoms with Crippen molar-refractivity contribution in [2.75, 3.05) is 7.11 Å². The predicted molar refractivity (Wildman–Crippen MR) is 130 cm³/mol. The van der Waals surface area contributed by atoms with Crippen molar-refractivity contribution in [2.45, 2.75) is 71.3 Å². The minimum absolute atomic E-state index is 0.401. The van der Waals surface area contributed by atoms with E-state index in [1.54, 1.807) is 13.2 Å². The molecule has 4 rings (SSSR count). The fourth-order valence-corrected chi connectivity index (χ4v) is 5.39. The Morgan fingerprint density at radius 2 is 2.00 bits per heavy atom. The second-order valence-corrected chi connectivity index (χ2v) is 9.18. The number of para-hydroxylation sites is 1. The van der Waals surface area contributed by atoms with Gasteiger partial charge in [0.2, 0.25) is 0 Å². The molecule has 2 aromatic carbocycles. The van der Waals surface area contributed by atoms with Crippen molar-refractivity contribution in [3.8, 4) is 5.75 Å². The summed E-state index contributed by atoms with van der Waals surface area (Å²) in [5.41, 5.74) is 5.11. The number of rotatable bonds is 9. The summed E-state index contributed by atoms with van der Waals surface area (Å²) < 4.78 is 7.73. The highest BCUT2D eigenvalue weighted by molar-refractivity contribution is 6.04. The Labute approximate surface area is 191 Å². The summed E-state index contributed by atoms with van der Waals surface area (Å²) in [6, 6.07) is 13.9. The molecule has 1 N–H and O–H groups in total. The molecule has 4 nitrogen and oxygen atoms in total. The van der Waals surface area contributed by atoms with E-state index in [0.29, 0.717) is 18.0 Å². The fourth-order valence-electron chi connectivity index (χ4n) is 5.39. The lowest BCUT2D eigenvalue weighted by Gasteiger charge is -2.18. The average Bonchev–Trinajstić information content (AvgIpc) is 2.95. The Bertz CT molecular complexity index is 1080. The normalized spacial score (nSPS) is 16.0. The van der Waals surface area contributed by atoms with Gasteiger partial charge in [0.25, 0.3) is 0 Å². The van der Waals surface area contributed by atoms with Gasteiger partial charge in [-0.15, -0.1) is 0 Å². The molecule has 1 aliphatic rings. The van der Waals surface area contributed by atoms with Gasteiger partial charge in [0.1, 0.15) is 5.75 Å². The Morgan fingerprint density at radius 1 is 1.16 bits per heavy atom. The third-order valence-electron chi connectivity index (χ3n) is 7.00. The summed E-state index contributed by atoms with van der Waals surface area (Å²) in [4.78, 5) is 12.1. The Morgan fingerprint density at radius 3 is 2.78 bits per heavy atom. The van der Waals surface area contributed by atoms with Crippen LogP contribution in [-0.2, 0) is 19.4 Å². The number of aromatic nitrogens is 1. The van der Waals surface area contributed by atoms with Gasteiger partial charge in [0.05, 0.1) is 18.2 Å². The van der Waals surface area contributed by atoms with Gasteiger partial charge in [-0.1, -0.05) is 63.3 Å². The molecule has 1 aromatic heterocycles. The zero-order chi connectivity index (χ0) is 22.5. The number of fused-ring (bicyclic) bond motifs is 3. The van der Waals surface area contributed by atoms with E-state index in [9.17, 15) is 9.90 Å². The van der Waals surface area contributed by atoms with Gasteiger partial charge in [0, 0.05) is 17.6 Å². The molecule has 3 aromatic rings. The van der Waals surface area contributed by atoms with E-state index in [0.717, 1.165) is 35.1 Å². The summed E-state index contributed by atoms with van der Waals surface area (Å²) in [5, 5.41) is 11.1. The SMILES string of the molecule is CCCCCCC1CCCc2c(n(Cc3cccc(OC)c3)c3c(C(=O)O)cccc23)C1. The van der Waals surface area contributed by atoms with Crippen molar-refractivity contribution >= 4 is 16.9 Å². The smallest absolute Gasteiger partial charge is 0.337 e. The molecule has 0 aliphatic heterocycles. The average molecular weight is 434 g/mol. The van der Waals surface area contributed by atoms with Gasteiger partial charge in [-0.2, -0.15) is 0 Å². The molecule has 4 heteroatoms. The van der Waals surface area contributed by atoms with Gasteiger partial charge in [-0.05, 0) is 60.9 Å². The first kappa shape index (κ1) is 22.4. The minimum Gasteiger partial charge on any atom is -0.497 e. The third kappa shape index (κ3) is 4.69. The lowest BCUT2D eigenvalue weighted by molar-refractivity contribution is 0.0698. The maximum atomic E-state index is 12.1. The van der Waals surface area contributed by atoms with Gasteiger partial charge < -0.3 is 14.4 Å². The molecule has 1 heterocycles. The number of hydrogen-bond donors (Lipinski definition) is 1. The number of carbonyl (C=O) groups is 1. The van der Waals surface area contributed by atoms with Crippen molar-refractivity contribution in [2.24, 2.45) is 5.92 Å². The largest absolute Gasteiger partial charge is 0.497 e. The molecule has 0 radical (unpaired) electrons. The van der Waals surface area contributed by atoms with Gasteiger partial charge in [-0.25, -0.2) is 4.79 Å². The van der Waals surface area contributed by atoms with E-state index in [2.05, 4.69) is 29.7 Å². The van der Waals surface area contributed by atoms with E-state index in [1.165, 1.54) is 56.2 Å². The second-order valence-electron chi connectivity index (χ2n) is 9.18. The molecular weight excluding hydrogens is 398 g/mol. The monoisotopic (exact) mass is 433 g/mol. The lowest BCUT2D eigenvalue weighted by Crippen LogP contribution is -2.12. The zero-order valence-electron chi connectivity index (χ0n) is 19.4. The van der Waals surface area contributed by atoms with Crippen LogP contribution in [0.5, 0.6) is 5.75 Å². The summed E-state index contributed by atoms with van der Waals surface area (Å²) in [5.74, 6) is 0.651. The lowest BCUT2D eigenvalue weighted by atomic mass is 9.93. The second kappa shape index (κ2) is 10.2. The van der Waals surface area contributed by atoms with Crippen LogP contribution >= 0.6 is 0 Å². The van der Waals surface area contributed by atoms with E-state index in [4.69, 9.17) is 4.74 Å². The van der Waals surface area contributed by atoms with Gasteiger partial charge >= 0.3 is 5.97 Å². The van der Waals surface area contributed by atoms with Crippen LogP contribution in [-0.4, -0.2) is 22.8 Å². The maximum Gasteiger partial charge on any atom is 0.337 e. The van der Waals surface area contributed by atoms with Crippen LogP contribution in [0.1, 0.15) is 79.0 Å². The molecule has 0 spiro atoms. The van der Waals surface area contributed by atoms with E-state index in [-0.39, 0.29) is 0 Å². The van der Waals surface area contributed by atoms with Crippen LogP contribution in [0.2, 0.25) is 0 Å². The molecular formula is C28H35NO3. The first-order valence-electron chi connectivity index (χ1n) is 12.1.